The largest absolute Gasteiger partial charge is 0.282 e. The van der Waals surface area contributed by atoms with Crippen LogP contribution in [0.25, 0.3) is 21.9 Å². The minimum Gasteiger partial charge on any atom is -0.282 e. The van der Waals surface area contributed by atoms with E-state index < -0.39 is 0 Å². The lowest BCUT2D eigenvalue weighted by atomic mass is 9.88. The van der Waals surface area contributed by atoms with Gasteiger partial charge in [0.1, 0.15) is 0 Å². The number of rotatable bonds is 5. The molecule has 4 atom stereocenters. The molecule has 1 fully saturated rings. The van der Waals surface area contributed by atoms with Crippen LogP contribution in [0.5, 0.6) is 0 Å². The fourth-order valence-corrected chi connectivity index (χ4v) is 6.41. The van der Waals surface area contributed by atoms with Crippen molar-refractivity contribution in [1.82, 2.24) is 16.0 Å². The quantitative estimate of drug-likeness (QED) is 0.238. The van der Waals surface area contributed by atoms with E-state index in [2.05, 4.69) is 149 Å². The van der Waals surface area contributed by atoms with E-state index in [0.717, 1.165) is 46.7 Å². The SMILES string of the molecule is N#Cc1cc(C2=CC=C(c3ccccc3)CC2)cc2cc(C3NC(c4ccccc4)NC(C4C=CC=CC4)N3)ccc12. The van der Waals surface area contributed by atoms with Crippen LogP contribution in [0.3, 0.4) is 0 Å². The number of allylic oxidation sites excluding steroid dienone is 7. The summed E-state index contributed by atoms with van der Waals surface area (Å²) in [6.07, 6.45) is 16.3. The average molecular weight is 547 g/mol. The third kappa shape index (κ3) is 5.38. The minimum absolute atomic E-state index is 0.0106. The Hall–Kier alpha value is -4.53. The van der Waals surface area contributed by atoms with E-state index in [4.69, 9.17) is 0 Å². The van der Waals surface area contributed by atoms with Gasteiger partial charge in [-0.1, -0.05) is 109 Å². The van der Waals surface area contributed by atoms with Crippen molar-refractivity contribution in [3.8, 4) is 6.07 Å². The second-order valence-electron chi connectivity index (χ2n) is 11.3. The smallest absolute Gasteiger partial charge is 0.0998 e. The van der Waals surface area contributed by atoms with Crippen molar-refractivity contribution < 1.29 is 0 Å². The molecule has 206 valence electrons. The van der Waals surface area contributed by atoms with Gasteiger partial charge in [0.25, 0.3) is 0 Å². The first-order valence-corrected chi connectivity index (χ1v) is 14.8. The van der Waals surface area contributed by atoms with E-state index in [1.165, 1.54) is 22.3 Å². The second-order valence-corrected chi connectivity index (χ2v) is 11.3. The molecule has 1 heterocycles. The molecule has 0 aromatic heterocycles. The Kier molecular flexibility index (Phi) is 7.38. The van der Waals surface area contributed by atoms with Crippen molar-refractivity contribution in [1.29, 1.82) is 5.26 Å². The molecule has 3 aliphatic rings. The number of fused-ring (bicyclic) bond motifs is 1. The third-order valence-electron chi connectivity index (χ3n) is 8.70. The lowest BCUT2D eigenvalue weighted by molar-refractivity contribution is 0.170. The third-order valence-corrected chi connectivity index (χ3v) is 8.70. The lowest BCUT2D eigenvalue weighted by Gasteiger charge is -2.42. The van der Waals surface area contributed by atoms with Crippen LogP contribution in [-0.4, -0.2) is 6.17 Å². The fourth-order valence-electron chi connectivity index (χ4n) is 6.41. The second kappa shape index (κ2) is 11.8. The number of nitrogens with zero attached hydrogens (tertiary/aromatic N) is 1. The summed E-state index contributed by atoms with van der Waals surface area (Å²) in [7, 11) is 0. The molecule has 3 N–H and O–H groups in total. The molecule has 4 aromatic rings. The summed E-state index contributed by atoms with van der Waals surface area (Å²) in [5.74, 6) is 0.357. The van der Waals surface area contributed by atoms with Gasteiger partial charge in [0.15, 0.2) is 0 Å². The summed E-state index contributed by atoms with van der Waals surface area (Å²) < 4.78 is 0. The molecule has 1 aliphatic heterocycles. The van der Waals surface area contributed by atoms with E-state index >= 15 is 0 Å². The maximum Gasteiger partial charge on any atom is 0.0998 e. The normalized spacial score (nSPS) is 23.7. The number of hydrogen-bond acceptors (Lipinski definition) is 4. The zero-order valence-corrected chi connectivity index (χ0v) is 23.5. The molecule has 4 heteroatoms. The number of nitriles is 1. The fraction of sp³-hybridized carbons (Fsp3) is 0.184. The molecule has 4 nitrogen and oxygen atoms in total. The molecule has 2 aliphatic carbocycles. The Morgan fingerprint density at radius 2 is 1.38 bits per heavy atom. The van der Waals surface area contributed by atoms with Crippen molar-refractivity contribution in [3.63, 3.8) is 0 Å². The standard InChI is InChI=1S/C38H34N4/c39-25-34-24-32(28-18-16-27(17-19-28)26-10-4-1-5-11-26)23-33-22-31(20-21-35(33)34)38-41-36(29-12-6-2-7-13-29)40-37(42-38)30-14-8-3-9-15-30/h1-14,16,18,20-24,30,36-38,40-42H,15,17,19H2. The van der Waals surface area contributed by atoms with Gasteiger partial charge in [-0.25, -0.2) is 0 Å². The monoisotopic (exact) mass is 546 g/mol. The van der Waals surface area contributed by atoms with Gasteiger partial charge in [0, 0.05) is 5.92 Å². The Morgan fingerprint density at radius 3 is 2.07 bits per heavy atom. The summed E-state index contributed by atoms with van der Waals surface area (Å²) in [6, 6.07) is 34.5. The van der Waals surface area contributed by atoms with Gasteiger partial charge in [-0.05, 0) is 81.6 Å². The summed E-state index contributed by atoms with van der Waals surface area (Å²) in [5, 5.41) is 23.6. The van der Waals surface area contributed by atoms with Crippen molar-refractivity contribution in [2.24, 2.45) is 5.92 Å². The predicted molar refractivity (Wildman–Crippen MR) is 172 cm³/mol. The highest BCUT2D eigenvalue weighted by Gasteiger charge is 2.32. The van der Waals surface area contributed by atoms with E-state index in [0.29, 0.717) is 5.92 Å². The first kappa shape index (κ1) is 26.4. The maximum absolute atomic E-state index is 10.1. The zero-order chi connectivity index (χ0) is 28.3. The van der Waals surface area contributed by atoms with Gasteiger partial charge in [-0.3, -0.25) is 16.0 Å². The molecule has 0 amide bonds. The molecule has 7 rings (SSSR count). The Labute approximate surface area is 247 Å². The van der Waals surface area contributed by atoms with Crippen molar-refractivity contribution in [2.75, 3.05) is 0 Å². The lowest BCUT2D eigenvalue weighted by Crippen LogP contribution is -2.61. The van der Waals surface area contributed by atoms with E-state index in [-0.39, 0.29) is 18.5 Å². The molecule has 0 bridgehead atoms. The summed E-state index contributed by atoms with van der Waals surface area (Å²) in [4.78, 5) is 0. The summed E-state index contributed by atoms with van der Waals surface area (Å²) in [5.41, 5.74) is 8.14. The predicted octanol–water partition coefficient (Wildman–Crippen LogP) is 7.91. The van der Waals surface area contributed by atoms with E-state index in [1.54, 1.807) is 0 Å². The highest BCUT2D eigenvalue weighted by molar-refractivity contribution is 5.92. The van der Waals surface area contributed by atoms with E-state index in [1.807, 2.05) is 0 Å². The molecular weight excluding hydrogens is 512 g/mol. The molecule has 1 saturated heterocycles. The number of hydrogen-bond donors (Lipinski definition) is 3. The van der Waals surface area contributed by atoms with Crippen LogP contribution in [-0.2, 0) is 0 Å². The van der Waals surface area contributed by atoms with Crippen LogP contribution in [0.15, 0.2) is 127 Å². The Morgan fingerprint density at radius 1 is 0.667 bits per heavy atom. The van der Waals surface area contributed by atoms with Gasteiger partial charge in [-0.15, -0.1) is 0 Å². The van der Waals surface area contributed by atoms with Crippen LogP contribution in [0.4, 0.5) is 0 Å². The van der Waals surface area contributed by atoms with Crippen LogP contribution in [0.1, 0.15) is 59.4 Å². The Balaban J connectivity index is 1.22. The molecule has 0 spiro atoms. The molecule has 0 saturated carbocycles. The van der Waals surface area contributed by atoms with Crippen LogP contribution in [0.2, 0.25) is 0 Å². The van der Waals surface area contributed by atoms with Crippen molar-refractivity contribution in [2.45, 2.75) is 37.8 Å². The van der Waals surface area contributed by atoms with Crippen LogP contribution >= 0.6 is 0 Å². The first-order chi connectivity index (χ1) is 20.7. The van der Waals surface area contributed by atoms with Gasteiger partial charge in [0.05, 0.1) is 30.1 Å². The highest BCUT2D eigenvalue weighted by Crippen LogP contribution is 2.35. The van der Waals surface area contributed by atoms with Gasteiger partial charge in [-0.2, -0.15) is 5.26 Å². The molecule has 42 heavy (non-hydrogen) atoms. The van der Waals surface area contributed by atoms with Crippen molar-refractivity contribution >= 4 is 21.9 Å². The first-order valence-electron chi connectivity index (χ1n) is 14.8. The topological polar surface area (TPSA) is 59.9 Å². The van der Waals surface area contributed by atoms with Gasteiger partial charge >= 0.3 is 0 Å². The molecule has 4 unspecified atom stereocenters. The number of benzene rings is 4. The summed E-state index contributed by atoms with van der Waals surface area (Å²) >= 11 is 0. The molecule has 0 radical (unpaired) electrons. The number of nitrogens with one attached hydrogen (secondary N) is 3. The zero-order valence-electron chi connectivity index (χ0n) is 23.5. The summed E-state index contributed by atoms with van der Waals surface area (Å²) in [6.45, 7) is 0. The Bertz CT molecular complexity index is 1760. The average Bonchev–Trinajstić information content (AvgIpc) is 3.08. The molecular formula is C38H34N4. The molecule has 4 aromatic carbocycles. The van der Waals surface area contributed by atoms with Crippen LogP contribution in [0, 0.1) is 17.2 Å². The minimum atomic E-state index is -0.0513. The van der Waals surface area contributed by atoms with Crippen molar-refractivity contribution in [3.05, 3.63) is 155 Å². The van der Waals surface area contributed by atoms with Gasteiger partial charge in [0.2, 0.25) is 0 Å². The maximum atomic E-state index is 10.1. The van der Waals surface area contributed by atoms with Crippen LogP contribution < -0.4 is 16.0 Å². The highest BCUT2D eigenvalue weighted by atomic mass is 15.4. The van der Waals surface area contributed by atoms with Gasteiger partial charge < -0.3 is 0 Å². The van der Waals surface area contributed by atoms with E-state index in [9.17, 15) is 5.26 Å².